The predicted molar refractivity (Wildman–Crippen MR) is 88.9 cm³/mol. The van der Waals surface area contributed by atoms with Gasteiger partial charge < -0.3 is 8.92 Å². The van der Waals surface area contributed by atoms with Crippen molar-refractivity contribution in [3.63, 3.8) is 0 Å². The molecule has 0 aromatic heterocycles. The molecule has 1 aromatic carbocycles. The lowest BCUT2D eigenvalue weighted by Crippen LogP contribution is -2.40. The topological polar surface area (TPSA) is 72.8 Å². The summed E-state index contributed by atoms with van der Waals surface area (Å²) in [6.07, 6.45) is 9.44. The number of rotatable bonds is 10. The molecule has 0 bridgehead atoms. The largest absolute Gasteiger partial charge is 0.446 e. The lowest BCUT2D eigenvalue weighted by Gasteiger charge is -2.42. The minimum absolute atomic E-state index is 0.102. The first kappa shape index (κ1) is 18.2. The lowest BCUT2D eigenvalue weighted by molar-refractivity contribution is -0.159. The molecule has 130 valence electrons. The Balaban J connectivity index is 1.89. The molecule has 1 aliphatic heterocycles. The van der Waals surface area contributed by atoms with E-state index in [2.05, 4.69) is 11.1 Å². The van der Waals surface area contributed by atoms with Crippen molar-refractivity contribution in [2.75, 3.05) is 6.61 Å². The molecule has 1 atom stereocenters. The minimum Gasteiger partial charge on any atom is -0.370 e. The molecule has 1 aliphatic rings. The molecule has 0 radical (unpaired) electrons. The van der Waals surface area contributed by atoms with E-state index in [0.717, 1.165) is 31.4 Å². The lowest BCUT2D eigenvalue weighted by atomic mass is 9.82. The maximum atomic E-state index is 10.7. The van der Waals surface area contributed by atoms with Crippen LogP contribution in [0.1, 0.15) is 63.9 Å². The van der Waals surface area contributed by atoms with Crippen molar-refractivity contribution in [1.29, 1.82) is 0 Å². The minimum atomic E-state index is -4.47. The Bertz CT molecular complexity index is 576. The second-order valence-electron chi connectivity index (χ2n) is 6.15. The SMILES string of the molecule is CCCCCCCCC1(c2ccc(OS(=O)(=O)O)cc2)CCO1. The zero-order valence-electron chi connectivity index (χ0n) is 13.7. The van der Waals surface area contributed by atoms with Crippen molar-refractivity contribution in [2.45, 2.75) is 63.9 Å². The first-order valence-electron chi connectivity index (χ1n) is 8.37. The summed E-state index contributed by atoms with van der Waals surface area (Å²) in [5, 5.41) is 0. The van der Waals surface area contributed by atoms with Crippen molar-refractivity contribution in [2.24, 2.45) is 0 Å². The molecule has 0 spiro atoms. The Morgan fingerprint density at radius 1 is 1.13 bits per heavy atom. The number of ether oxygens (including phenoxy) is 1. The summed E-state index contributed by atoms with van der Waals surface area (Å²) in [6.45, 7) is 2.98. The molecule has 1 aromatic rings. The van der Waals surface area contributed by atoms with E-state index in [4.69, 9.17) is 9.29 Å². The van der Waals surface area contributed by atoms with Gasteiger partial charge in [0.25, 0.3) is 0 Å². The van der Waals surface area contributed by atoms with Crippen molar-refractivity contribution < 1.29 is 21.9 Å². The molecule has 0 amide bonds. The maximum Gasteiger partial charge on any atom is 0.446 e. The van der Waals surface area contributed by atoms with E-state index >= 15 is 0 Å². The van der Waals surface area contributed by atoms with Gasteiger partial charge in [0.2, 0.25) is 0 Å². The van der Waals surface area contributed by atoms with Gasteiger partial charge >= 0.3 is 10.4 Å². The van der Waals surface area contributed by atoms with Crippen LogP contribution in [0.3, 0.4) is 0 Å². The fourth-order valence-electron chi connectivity index (χ4n) is 3.04. The normalized spacial score (nSPS) is 21.0. The molecular weight excluding hydrogens is 316 g/mol. The zero-order chi connectivity index (χ0) is 16.8. The molecule has 0 saturated carbocycles. The van der Waals surface area contributed by atoms with E-state index in [-0.39, 0.29) is 11.4 Å². The van der Waals surface area contributed by atoms with Crippen molar-refractivity contribution in [1.82, 2.24) is 0 Å². The second-order valence-corrected chi connectivity index (χ2v) is 7.17. The van der Waals surface area contributed by atoms with Crippen LogP contribution >= 0.6 is 0 Å². The number of unbranched alkanes of at least 4 members (excludes halogenated alkanes) is 5. The van der Waals surface area contributed by atoms with Gasteiger partial charge in [0.1, 0.15) is 5.75 Å². The van der Waals surface area contributed by atoms with Crippen LogP contribution in [0, 0.1) is 0 Å². The standard InChI is InChI=1S/C17H26O5S/c1-2-3-4-5-6-7-12-17(13-14-21-17)15-8-10-16(11-9-15)22-23(18,19)20/h8-11H,2-7,12-14H2,1H3,(H,18,19,20). The molecule has 1 fully saturated rings. The average Bonchev–Trinajstić information content (AvgIpc) is 2.44. The Kier molecular flexibility index (Phi) is 6.44. The van der Waals surface area contributed by atoms with Crippen LogP contribution in [0.15, 0.2) is 24.3 Å². The summed E-state index contributed by atoms with van der Waals surface area (Å²) in [6, 6.07) is 6.73. The zero-order valence-corrected chi connectivity index (χ0v) is 14.5. The van der Waals surface area contributed by atoms with Gasteiger partial charge in [0, 0.05) is 6.42 Å². The molecule has 23 heavy (non-hydrogen) atoms. The summed E-state index contributed by atoms with van der Waals surface area (Å²) in [7, 11) is -4.47. The maximum absolute atomic E-state index is 10.7. The number of benzene rings is 1. The fraction of sp³-hybridized carbons (Fsp3) is 0.647. The molecule has 5 nitrogen and oxygen atoms in total. The van der Waals surface area contributed by atoms with Gasteiger partial charge in [-0.25, -0.2) is 0 Å². The van der Waals surface area contributed by atoms with E-state index in [1.54, 1.807) is 12.1 Å². The molecule has 1 unspecified atom stereocenters. The van der Waals surface area contributed by atoms with E-state index in [1.165, 1.54) is 32.1 Å². The van der Waals surface area contributed by atoms with E-state index in [0.29, 0.717) is 0 Å². The third kappa shape index (κ3) is 5.48. The Labute approximate surface area is 139 Å². The summed E-state index contributed by atoms with van der Waals surface area (Å²) in [5.41, 5.74) is 0.807. The Morgan fingerprint density at radius 3 is 2.26 bits per heavy atom. The first-order valence-corrected chi connectivity index (χ1v) is 9.73. The Morgan fingerprint density at radius 2 is 1.74 bits per heavy atom. The first-order chi connectivity index (χ1) is 11.0. The van der Waals surface area contributed by atoms with Gasteiger partial charge in [-0.2, -0.15) is 8.42 Å². The molecule has 0 aliphatic carbocycles. The van der Waals surface area contributed by atoms with Gasteiger partial charge in [-0.1, -0.05) is 57.6 Å². The molecule has 1 N–H and O–H groups in total. The summed E-state index contributed by atoms with van der Waals surface area (Å²) >= 11 is 0. The molecule has 1 heterocycles. The van der Waals surface area contributed by atoms with Crippen LogP contribution in [-0.2, 0) is 20.7 Å². The number of hydrogen-bond acceptors (Lipinski definition) is 4. The van der Waals surface area contributed by atoms with E-state index < -0.39 is 10.4 Å². The van der Waals surface area contributed by atoms with Gasteiger partial charge in [0.05, 0.1) is 12.2 Å². The van der Waals surface area contributed by atoms with Crippen LogP contribution in [0.5, 0.6) is 5.75 Å². The molecule has 2 rings (SSSR count). The van der Waals surface area contributed by atoms with Crippen molar-refractivity contribution >= 4 is 10.4 Å². The third-order valence-electron chi connectivity index (χ3n) is 4.40. The average molecular weight is 342 g/mol. The van der Waals surface area contributed by atoms with Crippen LogP contribution in [0.25, 0.3) is 0 Å². The van der Waals surface area contributed by atoms with Gasteiger partial charge in [-0.3, -0.25) is 4.55 Å². The monoisotopic (exact) mass is 342 g/mol. The van der Waals surface area contributed by atoms with Crippen LogP contribution in [0.2, 0.25) is 0 Å². The van der Waals surface area contributed by atoms with Crippen molar-refractivity contribution in [3.05, 3.63) is 29.8 Å². The smallest absolute Gasteiger partial charge is 0.370 e. The van der Waals surface area contributed by atoms with Gasteiger partial charge in [-0.05, 0) is 24.1 Å². The highest BCUT2D eigenvalue weighted by Crippen LogP contribution is 2.42. The Hall–Kier alpha value is -1.11. The number of hydrogen-bond donors (Lipinski definition) is 1. The fourth-order valence-corrected chi connectivity index (χ4v) is 3.40. The summed E-state index contributed by atoms with van der Waals surface area (Å²) in [5.74, 6) is 0.102. The second kappa shape index (κ2) is 8.13. The van der Waals surface area contributed by atoms with Crippen molar-refractivity contribution in [3.8, 4) is 5.75 Å². The molecular formula is C17H26O5S. The van der Waals surface area contributed by atoms with E-state index in [9.17, 15) is 8.42 Å². The van der Waals surface area contributed by atoms with Crippen LogP contribution in [0.4, 0.5) is 0 Å². The highest BCUT2D eigenvalue weighted by molar-refractivity contribution is 7.81. The highest BCUT2D eigenvalue weighted by atomic mass is 32.3. The summed E-state index contributed by atoms with van der Waals surface area (Å²) < 4.78 is 40.4. The van der Waals surface area contributed by atoms with Gasteiger partial charge in [-0.15, -0.1) is 0 Å². The summed E-state index contributed by atoms with van der Waals surface area (Å²) in [4.78, 5) is 0. The molecule has 6 heteroatoms. The predicted octanol–water partition coefficient (Wildman–Crippen LogP) is 4.23. The quantitative estimate of drug-likeness (QED) is 0.509. The van der Waals surface area contributed by atoms with Crippen LogP contribution in [-0.4, -0.2) is 19.6 Å². The van der Waals surface area contributed by atoms with Crippen LogP contribution < -0.4 is 4.18 Å². The highest BCUT2D eigenvalue weighted by Gasteiger charge is 2.39. The third-order valence-corrected chi connectivity index (χ3v) is 4.80. The van der Waals surface area contributed by atoms with Gasteiger partial charge in [0.15, 0.2) is 0 Å². The van der Waals surface area contributed by atoms with E-state index in [1.807, 2.05) is 12.1 Å². The molecule has 1 saturated heterocycles.